The van der Waals surface area contributed by atoms with Crippen molar-refractivity contribution in [2.45, 2.75) is 19.8 Å². The van der Waals surface area contributed by atoms with E-state index >= 15 is 0 Å². The third kappa shape index (κ3) is 3.37. The monoisotopic (exact) mass is 242 g/mol. The first-order valence-corrected chi connectivity index (χ1v) is 5.45. The van der Waals surface area contributed by atoms with Crippen molar-refractivity contribution in [3.05, 3.63) is 46.0 Å². The predicted molar refractivity (Wildman–Crippen MR) is 64.8 cm³/mol. The second-order valence-corrected chi connectivity index (χ2v) is 4.17. The summed E-state index contributed by atoms with van der Waals surface area (Å²) in [5.74, 6) is -0.0106. The maximum Gasteiger partial charge on any atom is 0.168 e. The molecule has 1 rings (SSSR count). The molecule has 0 N–H and O–H groups in total. The number of Topliss-reactive ketones (excluding diaryl/α,β-unsaturated/α-hetero) is 1. The van der Waals surface area contributed by atoms with Crippen molar-refractivity contribution in [2.75, 3.05) is 0 Å². The van der Waals surface area contributed by atoms with Gasteiger partial charge in [0.05, 0.1) is 5.02 Å². The smallest absolute Gasteiger partial charge is 0.168 e. The van der Waals surface area contributed by atoms with Gasteiger partial charge in [-0.05, 0) is 24.6 Å². The van der Waals surface area contributed by atoms with E-state index in [4.69, 9.17) is 23.2 Å². The Kier molecular flexibility index (Phi) is 4.37. The lowest BCUT2D eigenvalue weighted by molar-refractivity contribution is 0.0992. The van der Waals surface area contributed by atoms with Crippen molar-refractivity contribution in [1.82, 2.24) is 0 Å². The van der Waals surface area contributed by atoms with Crippen molar-refractivity contribution in [3.63, 3.8) is 0 Å². The Morgan fingerprint density at radius 1 is 1.40 bits per heavy atom. The Morgan fingerprint density at radius 2 is 2.07 bits per heavy atom. The summed E-state index contributed by atoms with van der Waals surface area (Å²) >= 11 is 11.7. The summed E-state index contributed by atoms with van der Waals surface area (Å²) in [6.07, 6.45) is 1.15. The summed E-state index contributed by atoms with van der Waals surface area (Å²) in [5.41, 5.74) is 1.42. The Hall–Kier alpha value is -0.790. The van der Waals surface area contributed by atoms with E-state index in [-0.39, 0.29) is 5.78 Å². The predicted octanol–water partition coefficient (Wildman–Crippen LogP) is 4.53. The molecule has 1 aromatic rings. The van der Waals surface area contributed by atoms with Crippen LogP contribution in [0.2, 0.25) is 10.0 Å². The summed E-state index contributed by atoms with van der Waals surface area (Å²) < 4.78 is 0. The van der Waals surface area contributed by atoms with E-state index in [1.54, 1.807) is 18.2 Å². The van der Waals surface area contributed by atoms with Crippen molar-refractivity contribution in [3.8, 4) is 0 Å². The summed E-state index contributed by atoms with van der Waals surface area (Å²) in [6.45, 7) is 5.77. The third-order valence-corrected chi connectivity index (χ3v) is 2.69. The van der Waals surface area contributed by atoms with Crippen molar-refractivity contribution >= 4 is 29.0 Å². The number of carbonyl (C=O) groups is 1. The first-order valence-electron chi connectivity index (χ1n) is 4.69. The van der Waals surface area contributed by atoms with E-state index in [1.165, 1.54) is 0 Å². The Morgan fingerprint density at radius 3 is 2.60 bits per heavy atom. The highest BCUT2D eigenvalue weighted by Crippen LogP contribution is 2.23. The van der Waals surface area contributed by atoms with E-state index in [1.807, 2.05) is 6.92 Å². The fourth-order valence-electron chi connectivity index (χ4n) is 1.16. The van der Waals surface area contributed by atoms with Crippen LogP contribution in [-0.4, -0.2) is 5.78 Å². The van der Waals surface area contributed by atoms with E-state index in [9.17, 15) is 4.79 Å². The minimum Gasteiger partial charge on any atom is -0.294 e. The van der Waals surface area contributed by atoms with Crippen LogP contribution in [0.3, 0.4) is 0 Å². The number of allylic oxidation sites excluding steroid dienone is 1. The molecule has 3 heteroatoms. The zero-order valence-corrected chi connectivity index (χ0v) is 10.0. The first kappa shape index (κ1) is 12.3. The van der Waals surface area contributed by atoms with Crippen LogP contribution in [0.15, 0.2) is 30.4 Å². The number of rotatable bonds is 4. The highest BCUT2D eigenvalue weighted by molar-refractivity contribution is 6.36. The molecule has 0 atom stereocenters. The minimum atomic E-state index is -0.0106. The standard InChI is InChI=1S/C12H12Cl2O/c1-3-8(2)6-12(15)10-5-4-9(13)7-11(10)14/h4-5,7H,2-3,6H2,1H3. The van der Waals surface area contributed by atoms with Gasteiger partial charge in [-0.15, -0.1) is 0 Å². The van der Waals surface area contributed by atoms with E-state index in [2.05, 4.69) is 6.58 Å². The van der Waals surface area contributed by atoms with Gasteiger partial charge in [0, 0.05) is 17.0 Å². The molecule has 15 heavy (non-hydrogen) atoms. The lowest BCUT2D eigenvalue weighted by atomic mass is 10.0. The number of hydrogen-bond donors (Lipinski definition) is 0. The molecular weight excluding hydrogens is 231 g/mol. The third-order valence-electron chi connectivity index (χ3n) is 2.14. The van der Waals surface area contributed by atoms with Crippen LogP contribution in [0.4, 0.5) is 0 Å². The number of ketones is 1. The molecule has 0 aliphatic carbocycles. The van der Waals surface area contributed by atoms with Gasteiger partial charge in [-0.2, -0.15) is 0 Å². The van der Waals surface area contributed by atoms with Gasteiger partial charge in [0.1, 0.15) is 0 Å². The lowest BCUT2D eigenvalue weighted by Crippen LogP contribution is -2.01. The molecule has 0 bridgehead atoms. The number of benzene rings is 1. The Bertz CT molecular complexity index is 397. The van der Waals surface area contributed by atoms with Crippen LogP contribution in [0.1, 0.15) is 30.1 Å². The fraction of sp³-hybridized carbons (Fsp3) is 0.250. The molecule has 1 nitrogen and oxygen atoms in total. The topological polar surface area (TPSA) is 17.1 Å². The normalized spacial score (nSPS) is 10.1. The maximum absolute atomic E-state index is 11.8. The van der Waals surface area contributed by atoms with Gasteiger partial charge < -0.3 is 0 Å². The number of halogens is 2. The quantitative estimate of drug-likeness (QED) is 0.560. The first-order chi connectivity index (χ1) is 7.04. The average Bonchev–Trinajstić information content (AvgIpc) is 2.17. The van der Waals surface area contributed by atoms with Crippen LogP contribution in [0, 0.1) is 0 Å². The van der Waals surface area contributed by atoms with E-state index in [0.717, 1.165) is 12.0 Å². The molecule has 0 spiro atoms. The molecule has 0 aliphatic rings. The highest BCUT2D eigenvalue weighted by atomic mass is 35.5. The van der Waals surface area contributed by atoms with Crippen molar-refractivity contribution < 1.29 is 4.79 Å². The molecule has 0 saturated carbocycles. The SMILES string of the molecule is C=C(CC)CC(=O)c1ccc(Cl)cc1Cl. The lowest BCUT2D eigenvalue weighted by Gasteiger charge is -2.04. The van der Waals surface area contributed by atoms with Crippen LogP contribution < -0.4 is 0 Å². The molecule has 1 aromatic carbocycles. The molecular formula is C12H12Cl2O. The Balaban J connectivity index is 2.87. The molecule has 0 amide bonds. The second kappa shape index (κ2) is 5.34. The van der Waals surface area contributed by atoms with Crippen LogP contribution in [0.5, 0.6) is 0 Å². The van der Waals surface area contributed by atoms with Gasteiger partial charge in [0.25, 0.3) is 0 Å². The van der Waals surface area contributed by atoms with Crippen molar-refractivity contribution in [2.24, 2.45) is 0 Å². The van der Waals surface area contributed by atoms with Gasteiger partial charge in [-0.25, -0.2) is 0 Å². The average molecular weight is 243 g/mol. The number of hydrogen-bond acceptors (Lipinski definition) is 1. The molecule has 0 unspecified atom stereocenters. The molecule has 80 valence electrons. The zero-order valence-electron chi connectivity index (χ0n) is 8.52. The summed E-state index contributed by atoms with van der Waals surface area (Å²) in [7, 11) is 0. The highest BCUT2D eigenvalue weighted by Gasteiger charge is 2.11. The minimum absolute atomic E-state index is 0.0106. The van der Waals surface area contributed by atoms with Crippen molar-refractivity contribution in [1.29, 1.82) is 0 Å². The second-order valence-electron chi connectivity index (χ2n) is 3.33. The molecule has 0 aromatic heterocycles. The Labute approximate surface area is 99.7 Å². The van der Waals surface area contributed by atoms with Gasteiger partial charge in [0.2, 0.25) is 0 Å². The maximum atomic E-state index is 11.8. The zero-order chi connectivity index (χ0) is 11.4. The van der Waals surface area contributed by atoms with Crippen LogP contribution >= 0.6 is 23.2 Å². The summed E-state index contributed by atoms with van der Waals surface area (Å²) in [4.78, 5) is 11.8. The van der Waals surface area contributed by atoms with Crippen LogP contribution in [0.25, 0.3) is 0 Å². The molecule has 0 radical (unpaired) electrons. The fourth-order valence-corrected chi connectivity index (χ4v) is 1.68. The summed E-state index contributed by atoms with van der Waals surface area (Å²) in [5, 5.41) is 0.933. The van der Waals surface area contributed by atoms with Gasteiger partial charge in [-0.1, -0.05) is 42.3 Å². The van der Waals surface area contributed by atoms with Gasteiger partial charge in [-0.3, -0.25) is 4.79 Å². The van der Waals surface area contributed by atoms with E-state index < -0.39 is 0 Å². The van der Waals surface area contributed by atoms with E-state index in [0.29, 0.717) is 22.0 Å². The summed E-state index contributed by atoms with van der Waals surface area (Å²) in [6, 6.07) is 4.89. The van der Waals surface area contributed by atoms with Gasteiger partial charge in [0.15, 0.2) is 5.78 Å². The van der Waals surface area contributed by atoms with Gasteiger partial charge >= 0.3 is 0 Å². The molecule has 0 aliphatic heterocycles. The van der Waals surface area contributed by atoms with Crippen LogP contribution in [-0.2, 0) is 0 Å². The molecule has 0 fully saturated rings. The molecule has 0 heterocycles. The largest absolute Gasteiger partial charge is 0.294 e. The molecule has 0 saturated heterocycles. The number of carbonyl (C=O) groups excluding carboxylic acids is 1.